The third-order valence-electron chi connectivity index (χ3n) is 2.08. The van der Waals surface area contributed by atoms with Gasteiger partial charge in [-0.05, 0) is 12.8 Å². The molecule has 0 saturated carbocycles. The zero-order chi connectivity index (χ0) is 11.8. The Kier molecular flexibility index (Phi) is 6.70. The molecule has 1 atom stereocenters. The first-order chi connectivity index (χ1) is 6.99. The summed E-state index contributed by atoms with van der Waals surface area (Å²) in [6.45, 7) is 6.03. The third-order valence-corrected chi connectivity index (χ3v) is 2.08. The van der Waals surface area contributed by atoms with Crippen molar-refractivity contribution in [2.45, 2.75) is 20.8 Å². The summed E-state index contributed by atoms with van der Waals surface area (Å²) in [5, 5.41) is 11.4. The number of rotatable bonds is 7. The molecule has 5 heteroatoms. The molecule has 15 heavy (non-hydrogen) atoms. The molecular weight excluding hydrogens is 198 g/mol. The Morgan fingerprint density at radius 3 is 2.40 bits per heavy atom. The van der Waals surface area contributed by atoms with E-state index in [1.54, 1.807) is 6.92 Å². The van der Waals surface area contributed by atoms with Crippen LogP contribution >= 0.6 is 0 Å². The van der Waals surface area contributed by atoms with Crippen LogP contribution in [0.5, 0.6) is 0 Å². The van der Waals surface area contributed by atoms with Gasteiger partial charge in [-0.1, -0.05) is 13.8 Å². The van der Waals surface area contributed by atoms with Crippen LogP contribution in [0.15, 0.2) is 0 Å². The summed E-state index contributed by atoms with van der Waals surface area (Å²) in [4.78, 5) is 21.9. The second kappa shape index (κ2) is 7.23. The van der Waals surface area contributed by atoms with Gasteiger partial charge >= 0.3 is 5.97 Å². The molecule has 0 rings (SSSR count). The highest BCUT2D eigenvalue weighted by Gasteiger charge is 2.21. The Labute approximate surface area is 89.8 Å². The average Bonchev–Trinajstić information content (AvgIpc) is 2.13. The number of nitrogens with one attached hydrogen (secondary N) is 1. The molecule has 0 radical (unpaired) electrons. The minimum absolute atomic E-state index is 0.00473. The number of carbonyl (C=O) groups excluding carboxylic acids is 1. The van der Waals surface area contributed by atoms with Gasteiger partial charge in [-0.3, -0.25) is 9.59 Å². The SMILES string of the molecule is CCOCC(=O)NCC(C(=O)O)C(C)C. The first-order valence-electron chi connectivity index (χ1n) is 5.06. The number of aliphatic carboxylic acids is 1. The summed E-state index contributed by atoms with van der Waals surface area (Å²) < 4.78 is 4.89. The fourth-order valence-electron chi connectivity index (χ4n) is 1.08. The molecule has 0 spiro atoms. The standard InChI is InChI=1S/C10H19NO4/c1-4-15-6-9(12)11-5-8(7(2)3)10(13)14/h7-8H,4-6H2,1-3H3,(H,11,12)(H,13,14). The van der Waals surface area contributed by atoms with E-state index in [9.17, 15) is 9.59 Å². The topological polar surface area (TPSA) is 75.6 Å². The Bertz CT molecular complexity index is 215. The second-order valence-corrected chi connectivity index (χ2v) is 3.63. The van der Waals surface area contributed by atoms with E-state index in [1.165, 1.54) is 0 Å². The zero-order valence-electron chi connectivity index (χ0n) is 9.45. The molecular formula is C10H19NO4. The number of carbonyl (C=O) groups is 2. The van der Waals surface area contributed by atoms with Crippen molar-refractivity contribution in [1.29, 1.82) is 0 Å². The van der Waals surface area contributed by atoms with Gasteiger partial charge < -0.3 is 15.2 Å². The largest absolute Gasteiger partial charge is 0.481 e. The predicted octanol–water partition coefficient (Wildman–Crippen LogP) is 0.496. The monoisotopic (exact) mass is 217 g/mol. The maximum atomic E-state index is 11.1. The van der Waals surface area contributed by atoms with Crippen LogP contribution in [-0.4, -0.2) is 36.7 Å². The van der Waals surface area contributed by atoms with Gasteiger partial charge in [-0.25, -0.2) is 0 Å². The molecule has 0 aromatic carbocycles. The van der Waals surface area contributed by atoms with Crippen molar-refractivity contribution in [3.8, 4) is 0 Å². The van der Waals surface area contributed by atoms with Gasteiger partial charge in [0.2, 0.25) is 5.91 Å². The maximum absolute atomic E-state index is 11.1. The van der Waals surface area contributed by atoms with Crippen molar-refractivity contribution >= 4 is 11.9 Å². The van der Waals surface area contributed by atoms with E-state index < -0.39 is 11.9 Å². The van der Waals surface area contributed by atoms with E-state index in [0.717, 1.165) is 0 Å². The van der Waals surface area contributed by atoms with Crippen molar-refractivity contribution in [2.75, 3.05) is 19.8 Å². The summed E-state index contributed by atoms with van der Waals surface area (Å²) in [5.41, 5.74) is 0. The summed E-state index contributed by atoms with van der Waals surface area (Å²) in [6.07, 6.45) is 0. The van der Waals surface area contributed by atoms with E-state index in [0.29, 0.717) is 6.61 Å². The van der Waals surface area contributed by atoms with Gasteiger partial charge in [0.1, 0.15) is 6.61 Å². The Morgan fingerprint density at radius 2 is 2.00 bits per heavy atom. The van der Waals surface area contributed by atoms with Crippen molar-refractivity contribution in [2.24, 2.45) is 11.8 Å². The summed E-state index contributed by atoms with van der Waals surface area (Å²) in [7, 11) is 0. The lowest BCUT2D eigenvalue weighted by molar-refractivity contribution is -0.143. The van der Waals surface area contributed by atoms with Crippen LogP contribution in [-0.2, 0) is 14.3 Å². The van der Waals surface area contributed by atoms with Crippen LogP contribution in [0.4, 0.5) is 0 Å². The highest BCUT2D eigenvalue weighted by molar-refractivity contribution is 5.78. The van der Waals surface area contributed by atoms with E-state index in [4.69, 9.17) is 9.84 Å². The van der Waals surface area contributed by atoms with Crippen molar-refractivity contribution in [3.63, 3.8) is 0 Å². The van der Waals surface area contributed by atoms with Crippen molar-refractivity contribution in [3.05, 3.63) is 0 Å². The average molecular weight is 217 g/mol. The van der Waals surface area contributed by atoms with Crippen LogP contribution in [0.1, 0.15) is 20.8 Å². The molecule has 0 saturated heterocycles. The molecule has 0 aromatic heterocycles. The molecule has 0 aliphatic rings. The number of amides is 1. The number of carboxylic acids is 1. The molecule has 1 amide bonds. The molecule has 0 aliphatic heterocycles. The summed E-state index contributed by atoms with van der Waals surface area (Å²) in [6, 6.07) is 0. The van der Waals surface area contributed by atoms with E-state index in [1.807, 2.05) is 13.8 Å². The molecule has 1 unspecified atom stereocenters. The third kappa shape index (κ3) is 6.06. The Morgan fingerprint density at radius 1 is 1.40 bits per heavy atom. The smallest absolute Gasteiger partial charge is 0.308 e. The number of carboxylic acid groups (broad SMARTS) is 1. The minimum atomic E-state index is -0.887. The summed E-state index contributed by atoms with van der Waals surface area (Å²) >= 11 is 0. The molecule has 5 nitrogen and oxygen atoms in total. The molecule has 0 heterocycles. The van der Waals surface area contributed by atoms with Gasteiger partial charge in [0, 0.05) is 13.2 Å². The fraction of sp³-hybridized carbons (Fsp3) is 0.800. The van der Waals surface area contributed by atoms with Gasteiger partial charge in [0.05, 0.1) is 5.92 Å². The molecule has 0 aromatic rings. The molecule has 0 aliphatic carbocycles. The van der Waals surface area contributed by atoms with Gasteiger partial charge in [-0.15, -0.1) is 0 Å². The number of ether oxygens (including phenoxy) is 1. The van der Waals surface area contributed by atoms with Crippen LogP contribution in [0.25, 0.3) is 0 Å². The number of hydrogen-bond acceptors (Lipinski definition) is 3. The van der Waals surface area contributed by atoms with Gasteiger partial charge in [-0.2, -0.15) is 0 Å². The zero-order valence-corrected chi connectivity index (χ0v) is 9.45. The molecule has 0 bridgehead atoms. The first kappa shape index (κ1) is 13.9. The normalized spacial score (nSPS) is 12.5. The van der Waals surface area contributed by atoms with Crippen LogP contribution in [0.2, 0.25) is 0 Å². The molecule has 2 N–H and O–H groups in total. The molecule has 88 valence electrons. The van der Waals surface area contributed by atoms with Gasteiger partial charge in [0.25, 0.3) is 0 Å². The van der Waals surface area contributed by atoms with Crippen LogP contribution in [0.3, 0.4) is 0 Å². The van der Waals surface area contributed by atoms with Crippen molar-refractivity contribution < 1.29 is 19.4 Å². The lowest BCUT2D eigenvalue weighted by atomic mass is 9.96. The predicted molar refractivity (Wildman–Crippen MR) is 55.5 cm³/mol. The summed E-state index contributed by atoms with van der Waals surface area (Å²) in [5.74, 6) is -1.71. The Hall–Kier alpha value is -1.10. The second-order valence-electron chi connectivity index (χ2n) is 3.63. The maximum Gasteiger partial charge on any atom is 0.308 e. The van der Waals surface area contributed by atoms with E-state index >= 15 is 0 Å². The molecule has 0 fully saturated rings. The van der Waals surface area contributed by atoms with Gasteiger partial charge in [0.15, 0.2) is 0 Å². The van der Waals surface area contributed by atoms with Crippen molar-refractivity contribution in [1.82, 2.24) is 5.32 Å². The van der Waals surface area contributed by atoms with E-state index in [-0.39, 0.29) is 25.0 Å². The Balaban J connectivity index is 3.89. The first-order valence-corrected chi connectivity index (χ1v) is 5.06. The highest BCUT2D eigenvalue weighted by Crippen LogP contribution is 2.09. The lowest BCUT2D eigenvalue weighted by Gasteiger charge is -2.16. The lowest BCUT2D eigenvalue weighted by Crippen LogP contribution is -2.37. The van der Waals surface area contributed by atoms with E-state index in [2.05, 4.69) is 5.32 Å². The quantitative estimate of drug-likeness (QED) is 0.651. The highest BCUT2D eigenvalue weighted by atomic mass is 16.5. The fourth-order valence-corrected chi connectivity index (χ4v) is 1.08. The minimum Gasteiger partial charge on any atom is -0.481 e. The number of hydrogen-bond donors (Lipinski definition) is 2. The van der Waals surface area contributed by atoms with Crippen LogP contribution < -0.4 is 5.32 Å². The van der Waals surface area contributed by atoms with Crippen LogP contribution in [0, 0.1) is 11.8 Å².